The van der Waals surface area contributed by atoms with Crippen molar-refractivity contribution in [1.29, 1.82) is 0 Å². The van der Waals surface area contributed by atoms with Crippen molar-refractivity contribution >= 4 is 0 Å². The topological polar surface area (TPSA) is 44.7 Å². The molecule has 2 rings (SSSR count). The number of ether oxygens (including phenoxy) is 1. The minimum absolute atomic E-state index is 0.217. The molecule has 0 aliphatic carbocycles. The molecule has 118 valence electrons. The molecule has 0 spiro atoms. The average Bonchev–Trinajstić information content (AvgIpc) is 2.53. The molecule has 0 saturated carbocycles. The Morgan fingerprint density at radius 3 is 2.71 bits per heavy atom. The van der Waals surface area contributed by atoms with Crippen LogP contribution in [0.1, 0.15) is 44.2 Å². The molecule has 0 aromatic heterocycles. The second-order valence-corrected chi connectivity index (χ2v) is 5.73. The molecular weight excluding hydrogens is 264 g/mol. The fourth-order valence-electron chi connectivity index (χ4n) is 3.04. The molecule has 1 aromatic carbocycles. The molecule has 1 fully saturated rings. The number of hydrogen-bond acceptors (Lipinski definition) is 4. The van der Waals surface area contributed by atoms with E-state index in [4.69, 9.17) is 4.74 Å². The van der Waals surface area contributed by atoms with E-state index in [-0.39, 0.29) is 5.75 Å². The second kappa shape index (κ2) is 8.25. The minimum atomic E-state index is 0.217. The van der Waals surface area contributed by atoms with Crippen LogP contribution < -0.4 is 10.1 Å². The zero-order valence-corrected chi connectivity index (χ0v) is 13.3. The van der Waals surface area contributed by atoms with Crippen LogP contribution in [-0.4, -0.2) is 43.3 Å². The number of phenolic OH excluding ortho intramolecular Hbond substituents is 1. The Balaban J connectivity index is 2.16. The van der Waals surface area contributed by atoms with Crippen LogP contribution in [-0.2, 0) is 0 Å². The number of piperazine rings is 1. The smallest absolute Gasteiger partial charge is 0.160 e. The lowest BCUT2D eigenvalue weighted by Crippen LogP contribution is -2.45. The summed E-state index contributed by atoms with van der Waals surface area (Å²) in [6.07, 6.45) is 4.93. The van der Waals surface area contributed by atoms with E-state index < -0.39 is 0 Å². The SMILES string of the molecule is CCCCC[C@H](c1ccc(O)c(OC)c1)N1CCNCC1. The molecular formula is C17H28N2O2. The quantitative estimate of drug-likeness (QED) is 0.759. The molecule has 1 atom stereocenters. The first-order valence-electron chi connectivity index (χ1n) is 8.08. The van der Waals surface area contributed by atoms with Crippen molar-refractivity contribution in [3.8, 4) is 11.5 Å². The molecule has 0 amide bonds. The van der Waals surface area contributed by atoms with Gasteiger partial charge in [-0.05, 0) is 24.1 Å². The van der Waals surface area contributed by atoms with Gasteiger partial charge in [-0.3, -0.25) is 4.90 Å². The van der Waals surface area contributed by atoms with Crippen LogP contribution >= 0.6 is 0 Å². The normalized spacial score (nSPS) is 17.6. The highest BCUT2D eigenvalue weighted by molar-refractivity contribution is 5.42. The van der Waals surface area contributed by atoms with Gasteiger partial charge < -0.3 is 15.2 Å². The second-order valence-electron chi connectivity index (χ2n) is 5.73. The molecule has 1 aliphatic heterocycles. The highest BCUT2D eigenvalue weighted by atomic mass is 16.5. The summed E-state index contributed by atoms with van der Waals surface area (Å²) >= 11 is 0. The van der Waals surface area contributed by atoms with Crippen LogP contribution in [0.2, 0.25) is 0 Å². The van der Waals surface area contributed by atoms with Crippen LogP contribution in [0.3, 0.4) is 0 Å². The first kappa shape index (κ1) is 16.1. The average molecular weight is 292 g/mol. The van der Waals surface area contributed by atoms with Gasteiger partial charge in [0, 0.05) is 32.2 Å². The number of aromatic hydroxyl groups is 1. The van der Waals surface area contributed by atoms with Gasteiger partial charge in [0.1, 0.15) is 0 Å². The van der Waals surface area contributed by atoms with Crippen LogP contribution in [0.5, 0.6) is 11.5 Å². The number of unbranched alkanes of at least 4 members (excludes halogenated alkanes) is 2. The standard InChI is InChI=1S/C17H28N2O2/c1-3-4-5-6-15(19-11-9-18-10-12-19)14-7-8-16(20)17(13-14)21-2/h7-8,13,15,18,20H,3-6,9-12H2,1-2H3/t15-/m1/s1. The first-order valence-corrected chi connectivity index (χ1v) is 8.08. The molecule has 0 unspecified atom stereocenters. The lowest BCUT2D eigenvalue weighted by molar-refractivity contribution is 0.162. The van der Waals surface area contributed by atoms with E-state index >= 15 is 0 Å². The first-order chi connectivity index (χ1) is 10.3. The number of hydrogen-bond donors (Lipinski definition) is 2. The highest BCUT2D eigenvalue weighted by Gasteiger charge is 2.22. The van der Waals surface area contributed by atoms with Gasteiger partial charge in [-0.1, -0.05) is 32.3 Å². The number of benzene rings is 1. The summed E-state index contributed by atoms with van der Waals surface area (Å²) in [6, 6.07) is 6.21. The molecule has 1 aromatic rings. The Morgan fingerprint density at radius 1 is 1.29 bits per heavy atom. The molecule has 21 heavy (non-hydrogen) atoms. The van der Waals surface area contributed by atoms with E-state index in [1.54, 1.807) is 13.2 Å². The zero-order valence-electron chi connectivity index (χ0n) is 13.3. The maximum atomic E-state index is 9.79. The van der Waals surface area contributed by atoms with Gasteiger partial charge in [0.2, 0.25) is 0 Å². The largest absolute Gasteiger partial charge is 0.504 e. The number of phenols is 1. The summed E-state index contributed by atoms with van der Waals surface area (Å²) in [5.74, 6) is 0.789. The van der Waals surface area contributed by atoms with E-state index in [0.717, 1.165) is 26.2 Å². The highest BCUT2D eigenvalue weighted by Crippen LogP contribution is 2.33. The Kier molecular flexibility index (Phi) is 6.33. The monoisotopic (exact) mass is 292 g/mol. The van der Waals surface area contributed by atoms with E-state index in [1.165, 1.54) is 31.2 Å². The molecule has 1 saturated heterocycles. The van der Waals surface area contributed by atoms with Crippen molar-refractivity contribution in [2.75, 3.05) is 33.3 Å². The third-order valence-corrected chi connectivity index (χ3v) is 4.26. The van der Waals surface area contributed by atoms with Crippen molar-refractivity contribution < 1.29 is 9.84 Å². The van der Waals surface area contributed by atoms with Crippen molar-refractivity contribution in [2.45, 2.75) is 38.6 Å². The number of nitrogens with zero attached hydrogens (tertiary/aromatic N) is 1. The number of rotatable bonds is 7. The van der Waals surface area contributed by atoms with Crippen LogP contribution in [0.25, 0.3) is 0 Å². The van der Waals surface area contributed by atoms with Crippen LogP contribution in [0.4, 0.5) is 0 Å². The zero-order chi connectivity index (χ0) is 15.1. The van der Waals surface area contributed by atoms with Gasteiger partial charge in [0.05, 0.1) is 7.11 Å². The Labute approximate surface area is 128 Å². The summed E-state index contributed by atoms with van der Waals surface area (Å²) in [7, 11) is 1.61. The summed E-state index contributed by atoms with van der Waals surface area (Å²) in [4.78, 5) is 2.55. The maximum absolute atomic E-state index is 9.79. The van der Waals surface area contributed by atoms with E-state index in [9.17, 15) is 5.11 Å². The van der Waals surface area contributed by atoms with Gasteiger partial charge in [-0.15, -0.1) is 0 Å². The third-order valence-electron chi connectivity index (χ3n) is 4.26. The Bertz CT molecular complexity index is 431. The molecule has 4 heteroatoms. The third kappa shape index (κ3) is 4.35. The predicted molar refractivity (Wildman–Crippen MR) is 86.0 cm³/mol. The maximum Gasteiger partial charge on any atom is 0.160 e. The Hall–Kier alpha value is -1.26. The van der Waals surface area contributed by atoms with Crippen molar-refractivity contribution in [3.05, 3.63) is 23.8 Å². The van der Waals surface area contributed by atoms with E-state index in [2.05, 4.69) is 17.1 Å². The molecule has 2 N–H and O–H groups in total. The number of methoxy groups -OCH3 is 1. The summed E-state index contributed by atoms with van der Waals surface area (Å²) in [5.41, 5.74) is 1.25. The fraction of sp³-hybridized carbons (Fsp3) is 0.647. The molecule has 1 heterocycles. The van der Waals surface area contributed by atoms with Crippen LogP contribution in [0.15, 0.2) is 18.2 Å². The lowest BCUT2D eigenvalue weighted by Gasteiger charge is -2.35. The minimum Gasteiger partial charge on any atom is -0.504 e. The fourth-order valence-corrected chi connectivity index (χ4v) is 3.04. The van der Waals surface area contributed by atoms with Crippen molar-refractivity contribution in [3.63, 3.8) is 0 Å². The summed E-state index contributed by atoms with van der Waals surface area (Å²) in [5, 5.41) is 13.2. The van der Waals surface area contributed by atoms with Crippen molar-refractivity contribution in [2.24, 2.45) is 0 Å². The Morgan fingerprint density at radius 2 is 2.05 bits per heavy atom. The van der Waals surface area contributed by atoms with Gasteiger partial charge in [0.25, 0.3) is 0 Å². The molecule has 4 nitrogen and oxygen atoms in total. The van der Waals surface area contributed by atoms with Gasteiger partial charge in [0.15, 0.2) is 11.5 Å². The summed E-state index contributed by atoms with van der Waals surface area (Å²) < 4.78 is 5.27. The molecule has 1 aliphatic rings. The van der Waals surface area contributed by atoms with Crippen LogP contribution in [0, 0.1) is 0 Å². The summed E-state index contributed by atoms with van der Waals surface area (Å²) in [6.45, 7) is 6.52. The molecule has 0 bridgehead atoms. The van der Waals surface area contributed by atoms with E-state index in [1.807, 2.05) is 12.1 Å². The van der Waals surface area contributed by atoms with Gasteiger partial charge in [-0.2, -0.15) is 0 Å². The number of nitrogens with one attached hydrogen (secondary N) is 1. The van der Waals surface area contributed by atoms with Gasteiger partial charge >= 0.3 is 0 Å². The molecule has 0 radical (unpaired) electrons. The van der Waals surface area contributed by atoms with Crippen molar-refractivity contribution in [1.82, 2.24) is 10.2 Å². The lowest BCUT2D eigenvalue weighted by atomic mass is 9.97. The van der Waals surface area contributed by atoms with Gasteiger partial charge in [-0.25, -0.2) is 0 Å². The van der Waals surface area contributed by atoms with E-state index in [0.29, 0.717) is 11.8 Å². The predicted octanol–water partition coefficient (Wildman–Crippen LogP) is 2.93.